The van der Waals surface area contributed by atoms with Crippen LogP contribution in [-0.4, -0.2) is 96.7 Å². The van der Waals surface area contributed by atoms with E-state index in [4.69, 9.17) is 37.0 Å². The van der Waals surface area contributed by atoms with Gasteiger partial charge in [0.2, 0.25) is 0 Å². The van der Waals surface area contributed by atoms with Crippen LogP contribution >= 0.6 is 15.6 Å². The van der Waals surface area contributed by atoms with Crippen molar-refractivity contribution in [1.82, 2.24) is 0 Å². The number of allylic oxidation sites excluding steroid dienone is 14. The predicted octanol–water partition coefficient (Wildman–Crippen LogP) is 23.8. The summed E-state index contributed by atoms with van der Waals surface area (Å²) >= 11 is 0. The first-order valence-electron chi connectivity index (χ1n) is 40.8. The number of aliphatic hydroxyl groups excluding tert-OH is 1. The van der Waals surface area contributed by atoms with Crippen molar-refractivity contribution in [1.29, 1.82) is 0 Å². The molecule has 3 N–H and O–H groups in total. The highest BCUT2D eigenvalue weighted by Crippen LogP contribution is 2.45. The highest BCUT2D eigenvalue weighted by molar-refractivity contribution is 7.47. The Labute approximate surface area is 621 Å². The van der Waals surface area contributed by atoms with Crippen LogP contribution in [0.2, 0.25) is 0 Å². The van der Waals surface area contributed by atoms with Gasteiger partial charge in [-0.3, -0.25) is 37.3 Å². The molecule has 0 aliphatic carbocycles. The summed E-state index contributed by atoms with van der Waals surface area (Å²) in [6.07, 6.45) is 78.4. The van der Waals surface area contributed by atoms with Crippen LogP contribution in [0.1, 0.15) is 362 Å². The number of phosphoric acid groups is 2. The molecule has 0 fully saturated rings. The number of ether oxygens (including phenoxy) is 4. The molecular formula is C83H148O17P2. The van der Waals surface area contributed by atoms with E-state index in [2.05, 4.69) is 113 Å². The second-order valence-electron chi connectivity index (χ2n) is 27.3. The molecule has 102 heavy (non-hydrogen) atoms. The van der Waals surface area contributed by atoms with Gasteiger partial charge in [-0.2, -0.15) is 0 Å². The summed E-state index contributed by atoms with van der Waals surface area (Å²) in [4.78, 5) is 73.0. The molecule has 0 spiro atoms. The molecule has 17 nitrogen and oxygen atoms in total. The van der Waals surface area contributed by atoms with Crippen LogP contribution in [0.25, 0.3) is 0 Å². The lowest BCUT2D eigenvalue weighted by Crippen LogP contribution is -2.30. The maximum atomic E-state index is 13.1. The van der Waals surface area contributed by atoms with Gasteiger partial charge >= 0.3 is 39.5 Å². The van der Waals surface area contributed by atoms with E-state index in [9.17, 15) is 43.2 Å². The molecule has 0 bridgehead atoms. The number of carbonyl (C=O) groups excluding carboxylic acids is 4. The summed E-state index contributed by atoms with van der Waals surface area (Å²) in [5, 5.41) is 10.6. The Morgan fingerprint density at radius 3 is 0.814 bits per heavy atom. The van der Waals surface area contributed by atoms with Crippen LogP contribution in [0, 0.1) is 0 Å². The molecular weight excluding hydrogens is 1330 g/mol. The largest absolute Gasteiger partial charge is 0.472 e. The Kier molecular flexibility index (Phi) is 72.7. The van der Waals surface area contributed by atoms with Crippen molar-refractivity contribution in [3.63, 3.8) is 0 Å². The highest BCUT2D eigenvalue weighted by Gasteiger charge is 2.30. The second kappa shape index (κ2) is 75.5. The van der Waals surface area contributed by atoms with Crippen molar-refractivity contribution in [3.05, 3.63) is 85.1 Å². The molecule has 5 atom stereocenters. The molecule has 0 heterocycles. The van der Waals surface area contributed by atoms with Crippen LogP contribution < -0.4 is 0 Å². The molecule has 0 radical (unpaired) electrons. The molecule has 0 saturated carbocycles. The van der Waals surface area contributed by atoms with E-state index in [1.54, 1.807) is 0 Å². The second-order valence-corrected chi connectivity index (χ2v) is 30.3. The monoisotopic (exact) mass is 1480 g/mol. The van der Waals surface area contributed by atoms with Crippen molar-refractivity contribution < 1.29 is 80.2 Å². The smallest absolute Gasteiger partial charge is 0.462 e. The minimum absolute atomic E-state index is 0.0913. The Hall–Kier alpha value is -3.76. The zero-order valence-corrected chi connectivity index (χ0v) is 66.6. The van der Waals surface area contributed by atoms with E-state index in [1.807, 2.05) is 0 Å². The molecule has 19 heteroatoms. The lowest BCUT2D eigenvalue weighted by atomic mass is 10.0. The van der Waals surface area contributed by atoms with Crippen LogP contribution in [0.5, 0.6) is 0 Å². The highest BCUT2D eigenvalue weighted by atomic mass is 31.2. The first-order chi connectivity index (χ1) is 49.7. The normalized spacial score (nSPS) is 14.3. The van der Waals surface area contributed by atoms with Crippen LogP contribution in [0.15, 0.2) is 85.1 Å². The number of hydrogen-bond acceptors (Lipinski definition) is 15. The van der Waals surface area contributed by atoms with Gasteiger partial charge in [0.05, 0.1) is 26.4 Å². The Morgan fingerprint density at radius 2 is 0.510 bits per heavy atom. The molecule has 0 aliphatic heterocycles. The van der Waals surface area contributed by atoms with Gasteiger partial charge in [-0.15, -0.1) is 0 Å². The maximum absolute atomic E-state index is 13.1. The zero-order chi connectivity index (χ0) is 74.6. The van der Waals surface area contributed by atoms with E-state index in [-0.39, 0.29) is 25.7 Å². The standard InChI is InChI=1S/C83H148O17P2/c1-5-9-13-17-21-25-29-33-36-37-38-39-42-45-48-52-56-60-64-68-81(86)94-73-78(99-82(87)69-65-61-57-53-49-43-32-28-24-20-16-12-8-4)75-97-101(89,90)95-71-77(84)72-96-102(91,92)98-76-79(100-83(88)70-66-62-58-54-50-46-41-35-31-27-23-19-15-11-7-3)74-93-80(85)67-63-59-55-51-47-44-40-34-30-26-22-18-14-10-6-2/h9,13,21-22,25-26,33-34,36,38-40,45,48,77-79,84H,5-8,10-12,14-20,23-24,27-32,35,37,41-44,46-47,49-76H2,1-4H3,(H,89,90)(H,91,92)/b13-9-,25-21-,26-22-,36-33-,39-38-,40-34-,48-45-. The van der Waals surface area contributed by atoms with Gasteiger partial charge in [-0.25, -0.2) is 9.13 Å². The van der Waals surface area contributed by atoms with E-state index in [1.165, 1.54) is 135 Å². The van der Waals surface area contributed by atoms with Gasteiger partial charge < -0.3 is 33.8 Å². The number of unbranched alkanes of at least 4 members (excludes halogenated alkanes) is 37. The Bertz CT molecular complexity index is 2260. The van der Waals surface area contributed by atoms with Gasteiger partial charge in [0.1, 0.15) is 19.3 Å². The first-order valence-corrected chi connectivity index (χ1v) is 43.8. The van der Waals surface area contributed by atoms with E-state index in [0.29, 0.717) is 25.7 Å². The zero-order valence-electron chi connectivity index (χ0n) is 64.8. The number of aliphatic hydroxyl groups is 1. The number of hydrogen-bond donors (Lipinski definition) is 3. The number of phosphoric ester groups is 2. The number of rotatable bonds is 77. The quantitative estimate of drug-likeness (QED) is 0.0169. The maximum Gasteiger partial charge on any atom is 0.472 e. The lowest BCUT2D eigenvalue weighted by molar-refractivity contribution is -0.161. The summed E-state index contributed by atoms with van der Waals surface area (Å²) in [7, 11) is -9.96. The average molecular weight is 1480 g/mol. The van der Waals surface area contributed by atoms with E-state index >= 15 is 0 Å². The number of carbonyl (C=O) groups is 4. The molecule has 592 valence electrons. The van der Waals surface area contributed by atoms with E-state index in [0.717, 1.165) is 148 Å². The first kappa shape index (κ1) is 98.2. The summed E-state index contributed by atoms with van der Waals surface area (Å²) < 4.78 is 68.6. The van der Waals surface area contributed by atoms with Gasteiger partial charge in [0.15, 0.2) is 12.2 Å². The fourth-order valence-electron chi connectivity index (χ4n) is 11.2. The molecule has 0 aromatic carbocycles. The summed E-state index contributed by atoms with van der Waals surface area (Å²) in [6.45, 7) is 4.75. The molecule has 0 aliphatic rings. The van der Waals surface area contributed by atoms with Crippen molar-refractivity contribution >= 4 is 39.5 Å². The van der Waals surface area contributed by atoms with Gasteiger partial charge in [-0.05, 0) is 103 Å². The SMILES string of the molecule is CC/C=C\C/C=C\C/C=C\C/C=C\C/C=C\CCCCCC(=O)OCC(COP(=O)(O)OCC(O)COP(=O)(O)OCC(COC(=O)CCCCCCC/C=C\C/C=C\CCCCC)OC(=O)CCCCCCCCCCCCCCCCC)OC(=O)CCCCCCCCCCCCCCC. The van der Waals surface area contributed by atoms with Gasteiger partial charge in [0, 0.05) is 25.7 Å². The summed E-state index contributed by atoms with van der Waals surface area (Å²) in [5.41, 5.74) is 0. The number of esters is 4. The molecule has 0 aromatic heterocycles. The van der Waals surface area contributed by atoms with Crippen LogP contribution in [0.4, 0.5) is 0 Å². The lowest BCUT2D eigenvalue weighted by Gasteiger charge is -2.21. The molecule has 5 unspecified atom stereocenters. The summed E-state index contributed by atoms with van der Waals surface area (Å²) in [6, 6.07) is 0. The Morgan fingerprint density at radius 1 is 0.284 bits per heavy atom. The third-order valence-corrected chi connectivity index (χ3v) is 19.3. The van der Waals surface area contributed by atoms with E-state index < -0.39 is 97.5 Å². The minimum atomic E-state index is -4.98. The minimum Gasteiger partial charge on any atom is -0.462 e. The van der Waals surface area contributed by atoms with Crippen LogP contribution in [-0.2, 0) is 65.4 Å². The van der Waals surface area contributed by atoms with Crippen molar-refractivity contribution in [2.45, 2.75) is 380 Å². The topological polar surface area (TPSA) is 237 Å². The fourth-order valence-corrected chi connectivity index (χ4v) is 12.7. The van der Waals surface area contributed by atoms with Gasteiger partial charge in [-0.1, -0.05) is 318 Å². The predicted molar refractivity (Wildman–Crippen MR) is 418 cm³/mol. The van der Waals surface area contributed by atoms with Crippen molar-refractivity contribution in [2.75, 3.05) is 39.6 Å². The van der Waals surface area contributed by atoms with Crippen molar-refractivity contribution in [3.8, 4) is 0 Å². The Balaban J connectivity index is 5.35. The third kappa shape index (κ3) is 74.5. The molecule has 0 amide bonds. The summed E-state index contributed by atoms with van der Waals surface area (Å²) in [5.74, 6) is -2.20. The molecule has 0 rings (SSSR count). The fraction of sp³-hybridized carbons (Fsp3) is 0.783. The molecule has 0 aromatic rings. The van der Waals surface area contributed by atoms with Crippen LogP contribution in [0.3, 0.4) is 0 Å². The van der Waals surface area contributed by atoms with Gasteiger partial charge in [0.25, 0.3) is 0 Å². The average Bonchev–Trinajstić information content (AvgIpc) is 0.908. The van der Waals surface area contributed by atoms with Crippen molar-refractivity contribution in [2.24, 2.45) is 0 Å². The molecule has 0 saturated heterocycles. The third-order valence-electron chi connectivity index (χ3n) is 17.4.